The molecular weight excluding hydrogens is 434 g/mol. The van der Waals surface area contributed by atoms with Crippen molar-refractivity contribution in [2.24, 2.45) is 5.14 Å². The molecular formula is C16H11BrF2N2O4S. The third-order valence-corrected chi connectivity index (χ3v) is 5.08. The number of aromatic nitrogens is 1. The summed E-state index contributed by atoms with van der Waals surface area (Å²) in [7, 11) is -4.43. The maximum Gasteiger partial charge on any atom is 0.241 e. The molecule has 0 fully saturated rings. The highest BCUT2D eigenvalue weighted by molar-refractivity contribution is 9.10. The molecule has 2 aromatic carbocycles. The molecule has 26 heavy (non-hydrogen) atoms. The second kappa shape index (κ2) is 6.88. The SMILES string of the molecule is NS(=O)(=O)c1cc(F)c(-c2c(-c3ccc(Br)cc3)noc2CO)cc1F. The van der Waals surface area contributed by atoms with Crippen LogP contribution in [0.5, 0.6) is 0 Å². The van der Waals surface area contributed by atoms with E-state index < -0.39 is 33.2 Å². The number of nitrogens with zero attached hydrogens (tertiary/aromatic N) is 1. The number of nitrogens with two attached hydrogens (primary N) is 1. The first kappa shape index (κ1) is 18.6. The lowest BCUT2D eigenvalue weighted by Gasteiger charge is -2.08. The second-order valence-corrected chi connectivity index (χ2v) is 7.75. The minimum atomic E-state index is -4.43. The van der Waals surface area contributed by atoms with Crippen molar-refractivity contribution >= 4 is 26.0 Å². The zero-order valence-corrected chi connectivity index (χ0v) is 15.3. The monoisotopic (exact) mass is 444 g/mol. The van der Waals surface area contributed by atoms with Crippen LogP contribution in [0.3, 0.4) is 0 Å². The smallest absolute Gasteiger partial charge is 0.241 e. The van der Waals surface area contributed by atoms with E-state index in [0.717, 1.165) is 4.47 Å². The molecule has 0 radical (unpaired) electrons. The maximum atomic E-state index is 14.6. The van der Waals surface area contributed by atoms with Gasteiger partial charge in [-0.25, -0.2) is 22.3 Å². The molecule has 0 aliphatic carbocycles. The summed E-state index contributed by atoms with van der Waals surface area (Å²) in [6, 6.07) is 7.93. The fourth-order valence-electron chi connectivity index (χ4n) is 2.45. The number of hydrogen-bond acceptors (Lipinski definition) is 5. The van der Waals surface area contributed by atoms with Crippen LogP contribution in [0.1, 0.15) is 5.76 Å². The molecule has 0 unspecified atom stereocenters. The summed E-state index contributed by atoms with van der Waals surface area (Å²) in [6.07, 6.45) is 0. The van der Waals surface area contributed by atoms with E-state index in [4.69, 9.17) is 9.66 Å². The van der Waals surface area contributed by atoms with Crippen molar-refractivity contribution in [3.8, 4) is 22.4 Å². The summed E-state index contributed by atoms with van der Waals surface area (Å²) < 4.78 is 57.3. The molecule has 10 heteroatoms. The van der Waals surface area contributed by atoms with E-state index in [0.29, 0.717) is 17.7 Å². The first-order valence-electron chi connectivity index (χ1n) is 7.10. The summed E-state index contributed by atoms with van der Waals surface area (Å²) in [5.74, 6) is -2.37. The van der Waals surface area contributed by atoms with E-state index in [1.807, 2.05) is 0 Å². The predicted molar refractivity (Wildman–Crippen MR) is 92.3 cm³/mol. The first-order valence-corrected chi connectivity index (χ1v) is 9.44. The predicted octanol–water partition coefficient (Wildman–Crippen LogP) is 3.19. The summed E-state index contributed by atoms with van der Waals surface area (Å²) in [6.45, 7) is -0.614. The average Bonchev–Trinajstić information content (AvgIpc) is 3.00. The lowest BCUT2D eigenvalue weighted by molar-refractivity contribution is 0.230. The quantitative estimate of drug-likeness (QED) is 0.642. The van der Waals surface area contributed by atoms with Crippen LogP contribution in [-0.4, -0.2) is 18.7 Å². The molecule has 0 saturated heterocycles. The fraction of sp³-hybridized carbons (Fsp3) is 0.0625. The molecule has 0 saturated carbocycles. The number of benzene rings is 2. The molecule has 0 atom stereocenters. The van der Waals surface area contributed by atoms with Crippen LogP contribution in [0.2, 0.25) is 0 Å². The molecule has 6 nitrogen and oxygen atoms in total. The summed E-state index contributed by atoms with van der Waals surface area (Å²) in [4.78, 5) is -0.967. The van der Waals surface area contributed by atoms with Crippen molar-refractivity contribution in [2.45, 2.75) is 11.5 Å². The van der Waals surface area contributed by atoms with Crippen molar-refractivity contribution < 1.29 is 26.8 Å². The zero-order chi connectivity index (χ0) is 19.1. The Morgan fingerprint density at radius 3 is 2.38 bits per heavy atom. The molecule has 0 aliphatic heterocycles. The van der Waals surface area contributed by atoms with Crippen LogP contribution >= 0.6 is 15.9 Å². The van der Waals surface area contributed by atoms with Gasteiger partial charge in [-0.15, -0.1) is 0 Å². The second-order valence-electron chi connectivity index (χ2n) is 5.30. The minimum Gasteiger partial charge on any atom is -0.388 e. The van der Waals surface area contributed by atoms with E-state index in [-0.39, 0.29) is 22.6 Å². The Morgan fingerprint density at radius 2 is 1.81 bits per heavy atom. The van der Waals surface area contributed by atoms with Gasteiger partial charge in [0.1, 0.15) is 28.8 Å². The summed E-state index contributed by atoms with van der Waals surface area (Å²) >= 11 is 3.29. The van der Waals surface area contributed by atoms with Crippen LogP contribution in [0.15, 0.2) is 50.3 Å². The molecule has 0 amide bonds. The molecule has 1 heterocycles. The number of aliphatic hydroxyl groups is 1. The van der Waals surface area contributed by atoms with Gasteiger partial charge < -0.3 is 9.63 Å². The molecule has 3 aromatic rings. The van der Waals surface area contributed by atoms with Gasteiger partial charge in [-0.3, -0.25) is 0 Å². The van der Waals surface area contributed by atoms with Crippen molar-refractivity contribution in [3.05, 3.63) is 58.3 Å². The van der Waals surface area contributed by atoms with E-state index in [1.54, 1.807) is 24.3 Å². The molecule has 0 aliphatic rings. The van der Waals surface area contributed by atoms with Gasteiger partial charge >= 0.3 is 0 Å². The van der Waals surface area contributed by atoms with Crippen LogP contribution in [0.4, 0.5) is 8.78 Å². The normalized spacial score (nSPS) is 11.7. The Hall–Kier alpha value is -2.14. The van der Waals surface area contributed by atoms with Crippen LogP contribution < -0.4 is 5.14 Å². The number of hydrogen-bond donors (Lipinski definition) is 2. The van der Waals surface area contributed by atoms with Gasteiger partial charge in [-0.1, -0.05) is 33.2 Å². The van der Waals surface area contributed by atoms with Gasteiger partial charge in [0.2, 0.25) is 10.0 Å². The van der Waals surface area contributed by atoms with E-state index in [2.05, 4.69) is 21.1 Å². The molecule has 3 N–H and O–H groups in total. The van der Waals surface area contributed by atoms with E-state index >= 15 is 0 Å². The number of rotatable bonds is 4. The largest absolute Gasteiger partial charge is 0.388 e. The van der Waals surface area contributed by atoms with E-state index in [9.17, 15) is 22.3 Å². The summed E-state index contributed by atoms with van der Waals surface area (Å²) in [5, 5.41) is 18.2. The van der Waals surface area contributed by atoms with Crippen molar-refractivity contribution in [1.82, 2.24) is 5.16 Å². The maximum absolute atomic E-state index is 14.6. The van der Waals surface area contributed by atoms with Crippen molar-refractivity contribution in [2.75, 3.05) is 0 Å². The molecule has 136 valence electrons. The lowest BCUT2D eigenvalue weighted by atomic mass is 9.98. The number of halogens is 3. The number of aliphatic hydroxyl groups excluding tert-OH is 1. The van der Waals surface area contributed by atoms with Crippen LogP contribution in [0.25, 0.3) is 22.4 Å². The Labute approximate surface area is 155 Å². The van der Waals surface area contributed by atoms with Crippen molar-refractivity contribution in [1.29, 1.82) is 0 Å². The van der Waals surface area contributed by atoms with Gasteiger partial charge in [0.25, 0.3) is 0 Å². The Morgan fingerprint density at radius 1 is 1.15 bits per heavy atom. The molecule has 0 spiro atoms. The highest BCUT2D eigenvalue weighted by Crippen LogP contribution is 2.37. The topological polar surface area (TPSA) is 106 Å². The highest BCUT2D eigenvalue weighted by Gasteiger charge is 2.25. The Bertz CT molecular complexity index is 1080. The van der Waals surface area contributed by atoms with Crippen LogP contribution in [0, 0.1) is 11.6 Å². The first-order chi connectivity index (χ1) is 12.2. The highest BCUT2D eigenvalue weighted by atomic mass is 79.9. The molecule has 0 bridgehead atoms. The number of sulfonamides is 1. The fourth-order valence-corrected chi connectivity index (χ4v) is 3.32. The zero-order valence-electron chi connectivity index (χ0n) is 12.9. The summed E-state index contributed by atoms with van der Waals surface area (Å²) in [5.41, 5.74) is 0.412. The third kappa shape index (κ3) is 3.40. The van der Waals surface area contributed by atoms with Crippen LogP contribution in [-0.2, 0) is 16.6 Å². The number of primary sulfonamides is 1. The van der Waals surface area contributed by atoms with Gasteiger partial charge in [0.05, 0.1) is 5.56 Å². The third-order valence-electron chi connectivity index (χ3n) is 3.62. The van der Waals surface area contributed by atoms with Gasteiger partial charge in [-0.05, 0) is 24.3 Å². The molecule has 1 aromatic heterocycles. The lowest BCUT2D eigenvalue weighted by Crippen LogP contribution is -2.14. The van der Waals surface area contributed by atoms with E-state index in [1.165, 1.54) is 0 Å². The standard InChI is InChI=1S/C16H11BrF2N2O4S/c17-9-3-1-8(2-4-9)16-15(13(7-22)25-21-16)10-5-12(19)14(6-11(10)18)26(20,23)24/h1-6,22H,7H2,(H2,20,23,24). The Kier molecular flexibility index (Phi) is 4.93. The Balaban J connectivity index is 2.26. The average molecular weight is 445 g/mol. The van der Waals surface area contributed by atoms with Gasteiger partial charge in [-0.2, -0.15) is 0 Å². The van der Waals surface area contributed by atoms with Gasteiger partial charge in [0, 0.05) is 15.6 Å². The minimum absolute atomic E-state index is 0.0205. The molecule has 3 rings (SSSR count). The van der Waals surface area contributed by atoms with Crippen molar-refractivity contribution in [3.63, 3.8) is 0 Å². The van der Waals surface area contributed by atoms with Gasteiger partial charge in [0.15, 0.2) is 5.76 Å².